The molecule has 37 heteroatoms. The number of halogens is 3. The topological polar surface area (TPSA) is 478 Å². The lowest BCUT2D eigenvalue weighted by molar-refractivity contribution is -0.108. The van der Waals surface area contributed by atoms with E-state index in [2.05, 4.69) is 52.5 Å². The zero-order valence-corrected chi connectivity index (χ0v) is 68.9. The number of aldehydes is 1. The van der Waals surface area contributed by atoms with Crippen LogP contribution in [-0.4, -0.2) is 178 Å². The van der Waals surface area contributed by atoms with E-state index in [1.165, 1.54) is 81.2 Å². The van der Waals surface area contributed by atoms with Gasteiger partial charge in [-0.15, -0.1) is 0 Å². The molecule has 9 N–H and O–H groups in total. The number of nitrogens with zero attached hydrogens (tertiary/aromatic N) is 5. The van der Waals surface area contributed by atoms with Crippen molar-refractivity contribution in [1.82, 2.24) is 22.8 Å². The predicted octanol–water partition coefficient (Wildman–Crippen LogP) is 5.84. The Morgan fingerprint density at radius 3 is 0.866 bits per heavy atom. The number of esters is 4. The van der Waals surface area contributed by atoms with Gasteiger partial charge in [0.25, 0.3) is 0 Å². The molecule has 0 aliphatic rings. The lowest BCUT2D eigenvalue weighted by Gasteiger charge is -2.18. The van der Waals surface area contributed by atoms with Crippen molar-refractivity contribution in [3.8, 4) is 28.7 Å². The second kappa shape index (κ2) is 49.3. The SMILES string of the molecule is COC(=O)c1c(OCc2ccccc2)c(=O)c(Br)cn1CC(O)CO.COC(=O)c1c(OCc2ccccc2)c(=O)c(Br)cn1CC(O)O.COC(=O)c1c(OCc2ccccc2)c(=O)c(Br)cn1CC=O.COC(=O)c1c(OCc2ccccc2)c(=O)ccn1CC(O)CO.O=C(O)c1c(OCc2ccccc2)c(=O)ccn1CC(O)CO. The van der Waals surface area contributed by atoms with E-state index in [1.54, 1.807) is 24.3 Å². The van der Waals surface area contributed by atoms with Gasteiger partial charge >= 0.3 is 29.8 Å². The van der Waals surface area contributed by atoms with Crippen molar-refractivity contribution >= 4 is 83.9 Å². The summed E-state index contributed by atoms with van der Waals surface area (Å²) in [4.78, 5) is 132. The predicted molar refractivity (Wildman–Crippen MR) is 436 cm³/mol. The minimum atomic E-state index is -1.72. The number of hydrogen-bond donors (Lipinski definition) is 9. The van der Waals surface area contributed by atoms with Gasteiger partial charge in [-0.05, 0) is 75.6 Å². The average molecular weight is 1840 g/mol. The Balaban J connectivity index is 0.000000231. The summed E-state index contributed by atoms with van der Waals surface area (Å²) in [6.45, 7) is -1.88. The number of rotatable bonds is 33. The molecule has 0 saturated carbocycles. The summed E-state index contributed by atoms with van der Waals surface area (Å²) in [5.41, 5.74) is 0.656. The number of carbonyl (C=O) groups excluding carboxylic acids is 5. The fourth-order valence-corrected chi connectivity index (χ4v) is 11.8. The number of benzene rings is 5. The highest BCUT2D eigenvalue weighted by atomic mass is 79.9. The molecule has 3 unspecified atom stereocenters. The fourth-order valence-electron chi connectivity index (χ4n) is 10.6. The van der Waals surface area contributed by atoms with Crippen LogP contribution in [0.25, 0.3) is 0 Å². The number of ether oxygens (including phenoxy) is 9. The molecule has 0 amide bonds. The Labute approximate surface area is 703 Å². The van der Waals surface area contributed by atoms with Crippen LogP contribution in [0.4, 0.5) is 0 Å². The summed E-state index contributed by atoms with van der Waals surface area (Å²) in [7, 11) is 4.73. The summed E-state index contributed by atoms with van der Waals surface area (Å²) >= 11 is 9.34. The molecule has 119 heavy (non-hydrogen) atoms. The number of carbonyl (C=O) groups is 6. The first-order valence-electron chi connectivity index (χ1n) is 35.4. The maximum Gasteiger partial charge on any atom is 0.358 e. The molecule has 10 rings (SSSR count). The van der Waals surface area contributed by atoms with Gasteiger partial charge in [0, 0.05) is 43.1 Å². The van der Waals surface area contributed by atoms with Gasteiger partial charge in [-0.25, -0.2) is 24.0 Å². The first-order valence-corrected chi connectivity index (χ1v) is 37.8. The van der Waals surface area contributed by atoms with Crippen molar-refractivity contribution in [2.24, 2.45) is 0 Å². The molecular formula is C82H84Br3N5O29. The van der Waals surface area contributed by atoms with Crippen molar-refractivity contribution in [1.29, 1.82) is 0 Å². The summed E-state index contributed by atoms with van der Waals surface area (Å²) in [6, 6.07) is 48.1. The van der Waals surface area contributed by atoms with Crippen LogP contribution in [0.5, 0.6) is 28.7 Å². The third-order valence-electron chi connectivity index (χ3n) is 16.2. The van der Waals surface area contributed by atoms with Crippen molar-refractivity contribution in [2.45, 2.75) is 90.4 Å². The molecule has 3 atom stereocenters. The van der Waals surface area contributed by atoms with Gasteiger partial charge in [0.1, 0.15) is 39.3 Å². The van der Waals surface area contributed by atoms with Crippen LogP contribution in [0.2, 0.25) is 0 Å². The average Bonchev–Trinajstić information content (AvgIpc) is 0.799. The van der Waals surface area contributed by atoms with Gasteiger partial charge in [0.15, 0.2) is 63.5 Å². The van der Waals surface area contributed by atoms with Gasteiger partial charge in [0.2, 0.25) is 27.1 Å². The highest BCUT2D eigenvalue weighted by Gasteiger charge is 2.29. The molecule has 0 aliphatic carbocycles. The van der Waals surface area contributed by atoms with E-state index in [-0.39, 0.29) is 136 Å². The van der Waals surface area contributed by atoms with Crippen molar-refractivity contribution < 1.29 is 117 Å². The van der Waals surface area contributed by atoms with E-state index in [0.717, 1.165) is 41.0 Å². The molecule has 0 aliphatic heterocycles. The highest BCUT2D eigenvalue weighted by molar-refractivity contribution is 9.11. The minimum Gasteiger partial charge on any atom is -0.482 e. The maximum atomic E-state index is 12.4. The Hall–Kier alpha value is -12.0. The van der Waals surface area contributed by atoms with E-state index in [9.17, 15) is 83.4 Å². The van der Waals surface area contributed by atoms with Gasteiger partial charge < -0.3 is 116 Å². The van der Waals surface area contributed by atoms with Crippen molar-refractivity contribution in [3.63, 3.8) is 0 Å². The van der Waals surface area contributed by atoms with Gasteiger partial charge in [-0.2, -0.15) is 0 Å². The van der Waals surface area contributed by atoms with E-state index < -0.39 is 101 Å². The Kier molecular flexibility index (Phi) is 39.7. The molecule has 0 saturated heterocycles. The van der Waals surface area contributed by atoms with Gasteiger partial charge in [-0.1, -0.05) is 152 Å². The Morgan fingerprint density at radius 1 is 0.353 bits per heavy atom. The zero-order chi connectivity index (χ0) is 87.3. The Bertz CT molecular complexity index is 5330. The lowest BCUT2D eigenvalue weighted by atomic mass is 10.2. The first kappa shape index (κ1) is 95.8. The minimum absolute atomic E-state index is 0.0446. The summed E-state index contributed by atoms with van der Waals surface area (Å²) in [6.07, 6.45) is 2.15. The van der Waals surface area contributed by atoms with Crippen LogP contribution >= 0.6 is 47.8 Å². The second-order valence-corrected chi connectivity index (χ2v) is 27.3. The first-order chi connectivity index (χ1) is 57.1. The highest BCUT2D eigenvalue weighted by Crippen LogP contribution is 2.26. The van der Waals surface area contributed by atoms with Crippen LogP contribution in [0.1, 0.15) is 80.3 Å². The summed E-state index contributed by atoms with van der Waals surface area (Å²) < 4.78 is 53.3. The van der Waals surface area contributed by atoms with Gasteiger partial charge in [-0.3, -0.25) is 24.0 Å². The normalized spacial score (nSPS) is 11.3. The molecular weight excluding hydrogens is 1760 g/mol. The standard InChI is InChI=1S/C17H18BrNO6.C17H19NO6.C16H16BrNO6.C16H14BrNO5.C16H17NO6/c1-24-17(23)14-16(25-10-11-5-3-2-4-6-11)15(22)13(18)8-19(14)7-12(21)9-20;1-23-17(22)15-16(24-11-12-5-3-2-4-6-12)14(21)7-8-18(15)9-13(20)10-19;1-23-16(22)13-15(24-9-10-5-3-2-4-6-10)14(21)11(17)7-18(13)8-12(19)20;1-22-16(21)13-15(23-10-11-5-3-2-4-6-11)14(20)12(17)9-18(13)7-8-19;18-9-12(19)8-17-7-6-13(20)15(14(17)16(21)22)23-10-11-4-2-1-3-5-11/h2-6,8,12,20-21H,7,9-10H2,1H3;2-8,13,19-20H,9-11H2,1H3;2-7,12,19-20H,8-9H2,1H3;2-6,8-9H,7,10H2,1H3;1-7,12,18-19H,8-10H2,(H,21,22). The number of methoxy groups -OCH3 is 4. The monoisotopic (exact) mass is 1840 g/mol. The zero-order valence-electron chi connectivity index (χ0n) is 64.1. The third kappa shape index (κ3) is 28.7. The van der Waals surface area contributed by atoms with E-state index in [4.69, 9.17) is 53.2 Å². The Morgan fingerprint density at radius 2 is 0.597 bits per heavy atom. The maximum absolute atomic E-state index is 12.4. The molecule has 5 aromatic carbocycles. The molecule has 10 aromatic rings. The van der Waals surface area contributed by atoms with Crippen LogP contribution in [0.15, 0.2) is 232 Å². The largest absolute Gasteiger partial charge is 0.482 e. The van der Waals surface area contributed by atoms with Crippen LogP contribution in [-0.2, 0) is 89.5 Å². The molecule has 5 aromatic heterocycles. The number of aromatic nitrogens is 5. The summed E-state index contributed by atoms with van der Waals surface area (Å²) in [5, 5.41) is 83.5. The molecule has 5 heterocycles. The molecule has 0 fully saturated rings. The molecule has 0 radical (unpaired) electrons. The van der Waals surface area contributed by atoms with Crippen molar-refractivity contribution in [3.05, 3.63) is 316 Å². The lowest BCUT2D eigenvalue weighted by Crippen LogP contribution is -2.27. The van der Waals surface area contributed by atoms with Crippen molar-refractivity contribution in [2.75, 3.05) is 48.3 Å². The fraction of sp³-hybridized carbons (Fsp3) is 0.256. The number of pyridine rings is 5. The van der Waals surface area contributed by atoms with E-state index in [1.807, 2.05) is 127 Å². The quantitative estimate of drug-likeness (QED) is 0.0101. The molecule has 0 spiro atoms. The van der Waals surface area contributed by atoms with E-state index >= 15 is 0 Å². The van der Waals surface area contributed by atoms with Crippen LogP contribution < -0.4 is 50.8 Å². The number of carboxylic acid groups (broad SMARTS) is 1. The second-order valence-electron chi connectivity index (χ2n) is 24.7. The number of aliphatic hydroxyl groups excluding tert-OH is 7. The number of carboxylic acids is 1. The smallest absolute Gasteiger partial charge is 0.358 e. The molecule has 0 bridgehead atoms. The summed E-state index contributed by atoms with van der Waals surface area (Å²) in [5.74, 6) is -5.47. The van der Waals surface area contributed by atoms with Crippen LogP contribution in [0.3, 0.4) is 0 Å². The number of hydrogen-bond acceptors (Lipinski definition) is 28. The third-order valence-corrected chi connectivity index (χ3v) is 17.9. The molecule has 632 valence electrons. The number of aliphatic hydroxyl groups is 8. The van der Waals surface area contributed by atoms with Gasteiger partial charge in [0.05, 0.1) is 113 Å². The van der Waals surface area contributed by atoms with E-state index in [0.29, 0.717) is 6.29 Å². The molecule has 34 nitrogen and oxygen atoms in total. The van der Waals surface area contributed by atoms with Crippen LogP contribution in [0, 0.1) is 0 Å². The number of aromatic carboxylic acids is 1.